The first-order valence-electron chi connectivity index (χ1n) is 21.8. The first kappa shape index (κ1) is 48.6. The third-order valence-electron chi connectivity index (χ3n) is 9.98. The molecule has 0 aromatic carbocycles. The molecule has 0 aliphatic rings. The van der Waals surface area contributed by atoms with Crippen molar-refractivity contribution in [3.8, 4) is 0 Å². The predicted molar refractivity (Wildman–Crippen MR) is 218 cm³/mol. The van der Waals surface area contributed by atoms with Gasteiger partial charge in [-0.15, -0.1) is 0 Å². The lowest BCUT2D eigenvalue weighted by molar-refractivity contribution is -0.124. The summed E-state index contributed by atoms with van der Waals surface area (Å²) in [6, 6.07) is -0.824. The molecule has 0 aromatic heterocycles. The van der Waals surface area contributed by atoms with Crippen molar-refractivity contribution in [1.82, 2.24) is 5.32 Å². The molecule has 0 rings (SSSR count). The summed E-state index contributed by atoms with van der Waals surface area (Å²) in [5, 5.41) is 33.5. The van der Waals surface area contributed by atoms with Gasteiger partial charge in [0.05, 0.1) is 18.8 Å². The summed E-state index contributed by atoms with van der Waals surface area (Å²) in [6.07, 6.45) is 49.7. The summed E-state index contributed by atoms with van der Waals surface area (Å²) >= 11 is 0. The number of aliphatic hydroxyl groups is 3. The molecule has 0 aromatic rings. The lowest BCUT2D eigenvalue weighted by Gasteiger charge is -2.26. The molecule has 3 unspecified atom stereocenters. The number of nitrogens with one attached hydrogen (secondary N) is 1. The van der Waals surface area contributed by atoms with Crippen LogP contribution < -0.4 is 5.32 Å². The van der Waals surface area contributed by atoms with Crippen LogP contribution in [0.5, 0.6) is 0 Å². The Kier molecular flexibility index (Phi) is 39.2. The monoisotopic (exact) mass is 704 g/mol. The fourth-order valence-corrected chi connectivity index (χ4v) is 6.61. The maximum atomic E-state index is 12.4. The average Bonchev–Trinajstić information content (AvgIpc) is 3.12. The van der Waals surface area contributed by atoms with Crippen molar-refractivity contribution in [3.63, 3.8) is 0 Å². The Hall–Kier alpha value is -1.43. The molecule has 294 valence electrons. The number of allylic oxidation sites excluding steroid dienone is 6. The van der Waals surface area contributed by atoms with Crippen LogP contribution >= 0.6 is 0 Å². The van der Waals surface area contributed by atoms with Crippen molar-refractivity contribution in [3.05, 3.63) is 36.5 Å². The number of aliphatic hydroxyl groups excluding tert-OH is 3. The molecule has 4 N–H and O–H groups in total. The molecule has 0 saturated carbocycles. The van der Waals surface area contributed by atoms with Crippen LogP contribution in [0, 0.1) is 0 Å². The highest BCUT2D eigenvalue weighted by Crippen LogP contribution is 2.15. The highest BCUT2D eigenvalue weighted by atomic mass is 16.3. The molecule has 5 heteroatoms. The molecular weight excluding hydrogens is 618 g/mol. The Morgan fingerprint density at radius 1 is 0.520 bits per heavy atom. The molecule has 0 heterocycles. The second-order valence-electron chi connectivity index (χ2n) is 14.9. The fourth-order valence-electron chi connectivity index (χ4n) is 6.61. The molecular formula is C45H85NO4. The minimum atomic E-state index is -1.16. The van der Waals surface area contributed by atoms with E-state index in [0.717, 1.165) is 51.4 Å². The maximum Gasteiger partial charge on any atom is 0.220 e. The van der Waals surface area contributed by atoms with Crippen molar-refractivity contribution in [2.75, 3.05) is 6.61 Å². The van der Waals surface area contributed by atoms with Gasteiger partial charge in [0.1, 0.15) is 6.10 Å². The van der Waals surface area contributed by atoms with Gasteiger partial charge < -0.3 is 20.6 Å². The highest BCUT2D eigenvalue weighted by Gasteiger charge is 2.26. The predicted octanol–water partition coefficient (Wildman–Crippen LogP) is 12.4. The van der Waals surface area contributed by atoms with E-state index in [-0.39, 0.29) is 12.5 Å². The smallest absolute Gasteiger partial charge is 0.220 e. The Bertz CT molecular complexity index is 779. The summed E-state index contributed by atoms with van der Waals surface area (Å²) in [5.41, 5.74) is 0. The van der Waals surface area contributed by atoms with Crippen LogP contribution in [0.15, 0.2) is 36.5 Å². The first-order valence-corrected chi connectivity index (χ1v) is 21.8. The molecule has 50 heavy (non-hydrogen) atoms. The van der Waals surface area contributed by atoms with Gasteiger partial charge in [-0.3, -0.25) is 4.79 Å². The van der Waals surface area contributed by atoms with Crippen molar-refractivity contribution in [2.45, 2.75) is 238 Å². The molecule has 0 aliphatic heterocycles. The average molecular weight is 704 g/mol. The van der Waals surface area contributed by atoms with Crippen molar-refractivity contribution >= 4 is 5.91 Å². The van der Waals surface area contributed by atoms with Crippen LogP contribution in [0.4, 0.5) is 0 Å². The van der Waals surface area contributed by atoms with Gasteiger partial charge in [0, 0.05) is 6.42 Å². The van der Waals surface area contributed by atoms with Crippen LogP contribution in [0.1, 0.15) is 219 Å². The lowest BCUT2D eigenvalue weighted by Crippen LogP contribution is -2.50. The molecule has 5 nitrogen and oxygen atoms in total. The summed E-state index contributed by atoms with van der Waals surface area (Å²) in [5.74, 6) is -0.155. The van der Waals surface area contributed by atoms with E-state index < -0.39 is 18.2 Å². The van der Waals surface area contributed by atoms with Gasteiger partial charge in [-0.05, 0) is 64.2 Å². The van der Waals surface area contributed by atoms with Crippen LogP contribution in [-0.2, 0) is 4.79 Å². The van der Waals surface area contributed by atoms with E-state index in [2.05, 4.69) is 55.6 Å². The summed E-state index contributed by atoms with van der Waals surface area (Å²) in [7, 11) is 0. The summed E-state index contributed by atoms with van der Waals surface area (Å²) < 4.78 is 0. The van der Waals surface area contributed by atoms with Crippen molar-refractivity contribution < 1.29 is 20.1 Å². The zero-order chi connectivity index (χ0) is 36.6. The van der Waals surface area contributed by atoms with E-state index in [4.69, 9.17) is 0 Å². The quantitative estimate of drug-likeness (QED) is 0.0379. The number of hydrogen-bond donors (Lipinski definition) is 4. The maximum absolute atomic E-state index is 12.4. The van der Waals surface area contributed by atoms with Crippen molar-refractivity contribution in [2.24, 2.45) is 0 Å². The number of amides is 1. The van der Waals surface area contributed by atoms with Gasteiger partial charge in [-0.25, -0.2) is 0 Å². The van der Waals surface area contributed by atoms with Crippen LogP contribution in [-0.4, -0.2) is 46.1 Å². The lowest BCUT2D eigenvalue weighted by atomic mass is 10.0. The minimum Gasteiger partial charge on any atom is -0.394 e. The van der Waals surface area contributed by atoms with Crippen LogP contribution in [0.25, 0.3) is 0 Å². The van der Waals surface area contributed by atoms with Gasteiger partial charge in [-0.1, -0.05) is 185 Å². The van der Waals surface area contributed by atoms with Crippen LogP contribution in [0.3, 0.4) is 0 Å². The minimum absolute atomic E-state index is 0.155. The van der Waals surface area contributed by atoms with Gasteiger partial charge in [0.15, 0.2) is 0 Å². The third-order valence-corrected chi connectivity index (χ3v) is 9.98. The SMILES string of the molecule is CC/C=C\C/C=C\CCCCCCCCCCCCCCCCC(=O)NC(CO)C(O)C(O)CCC/C=C/CCCCCCCCCCCC. The van der Waals surface area contributed by atoms with E-state index in [1.807, 2.05) is 0 Å². The van der Waals surface area contributed by atoms with E-state index in [0.29, 0.717) is 12.8 Å². The number of carbonyl (C=O) groups excluding carboxylic acids is 1. The zero-order valence-corrected chi connectivity index (χ0v) is 33.3. The summed E-state index contributed by atoms with van der Waals surface area (Å²) in [4.78, 5) is 12.4. The molecule has 0 fully saturated rings. The molecule has 1 amide bonds. The number of unbranched alkanes of at least 4 members (excludes halogenated alkanes) is 25. The highest BCUT2D eigenvalue weighted by molar-refractivity contribution is 5.76. The van der Waals surface area contributed by atoms with E-state index in [1.165, 1.54) is 141 Å². The summed E-state index contributed by atoms with van der Waals surface area (Å²) in [6.45, 7) is 4.06. The number of carbonyl (C=O) groups is 1. The van der Waals surface area contributed by atoms with E-state index in [9.17, 15) is 20.1 Å². The normalized spacial score (nSPS) is 13.9. The molecule has 0 bridgehead atoms. The zero-order valence-electron chi connectivity index (χ0n) is 33.3. The van der Waals surface area contributed by atoms with Crippen molar-refractivity contribution in [1.29, 1.82) is 0 Å². The Morgan fingerprint density at radius 2 is 0.920 bits per heavy atom. The number of hydrogen-bond acceptors (Lipinski definition) is 4. The Labute approximate surface area is 311 Å². The van der Waals surface area contributed by atoms with Gasteiger partial charge in [0.25, 0.3) is 0 Å². The Balaban J connectivity index is 3.64. The Morgan fingerprint density at radius 3 is 1.38 bits per heavy atom. The number of rotatable bonds is 39. The molecule has 0 spiro atoms. The largest absolute Gasteiger partial charge is 0.394 e. The molecule has 0 radical (unpaired) electrons. The fraction of sp³-hybridized carbons (Fsp3) is 0.844. The third kappa shape index (κ3) is 35.0. The van der Waals surface area contributed by atoms with Gasteiger partial charge >= 0.3 is 0 Å². The van der Waals surface area contributed by atoms with E-state index >= 15 is 0 Å². The van der Waals surface area contributed by atoms with Gasteiger partial charge in [0.2, 0.25) is 5.91 Å². The second-order valence-corrected chi connectivity index (χ2v) is 14.9. The van der Waals surface area contributed by atoms with Crippen LogP contribution in [0.2, 0.25) is 0 Å². The standard InChI is InChI=1S/C45H85NO4/c1-3-5-7-9-11-13-15-17-19-20-21-22-23-24-26-28-30-32-34-36-38-40-44(49)46-42(41-47)45(50)43(48)39-37-35-33-31-29-27-25-18-16-14-12-10-8-6-4-2/h5,7,11,13,31,33,42-43,45,47-48,50H,3-4,6,8-10,12,14-30,32,34-41H2,1-2H3,(H,46,49)/b7-5-,13-11-,33-31+. The molecule has 3 atom stereocenters. The second kappa shape index (κ2) is 40.3. The van der Waals surface area contributed by atoms with Gasteiger partial charge in [-0.2, -0.15) is 0 Å². The first-order chi connectivity index (χ1) is 24.6. The topological polar surface area (TPSA) is 89.8 Å². The van der Waals surface area contributed by atoms with E-state index in [1.54, 1.807) is 0 Å². The molecule has 0 aliphatic carbocycles. The molecule has 0 saturated heterocycles.